The zero-order valence-corrected chi connectivity index (χ0v) is 17.5. The van der Waals surface area contributed by atoms with E-state index in [2.05, 4.69) is 17.7 Å². The SMILES string of the molecule is CCCCCCCC(O)/C=C/CCCCCCCCCCCC(=O)OC. The molecule has 0 saturated heterocycles. The van der Waals surface area contributed by atoms with Crippen LogP contribution in [0.2, 0.25) is 0 Å². The van der Waals surface area contributed by atoms with E-state index >= 15 is 0 Å². The molecule has 0 bridgehead atoms. The van der Waals surface area contributed by atoms with E-state index in [-0.39, 0.29) is 12.1 Å². The first-order chi connectivity index (χ1) is 12.7. The maximum Gasteiger partial charge on any atom is 0.305 e. The van der Waals surface area contributed by atoms with Crippen LogP contribution in [0, 0.1) is 0 Å². The Hall–Kier alpha value is -0.830. The highest BCUT2D eigenvalue weighted by molar-refractivity contribution is 5.68. The second-order valence-electron chi connectivity index (χ2n) is 7.50. The molecule has 0 aliphatic rings. The molecule has 0 amide bonds. The molecule has 26 heavy (non-hydrogen) atoms. The molecule has 0 aliphatic heterocycles. The third kappa shape index (κ3) is 19.5. The van der Waals surface area contributed by atoms with Crippen molar-refractivity contribution in [2.24, 2.45) is 0 Å². The van der Waals surface area contributed by atoms with Crippen LogP contribution in [0.1, 0.15) is 116 Å². The number of rotatable bonds is 19. The summed E-state index contributed by atoms with van der Waals surface area (Å²) in [6.07, 6.45) is 23.9. The van der Waals surface area contributed by atoms with Crippen molar-refractivity contribution in [1.82, 2.24) is 0 Å². The summed E-state index contributed by atoms with van der Waals surface area (Å²) >= 11 is 0. The third-order valence-electron chi connectivity index (χ3n) is 4.94. The van der Waals surface area contributed by atoms with Crippen LogP contribution in [-0.4, -0.2) is 24.3 Å². The van der Waals surface area contributed by atoms with Crippen molar-refractivity contribution in [3.63, 3.8) is 0 Å². The average Bonchev–Trinajstić information content (AvgIpc) is 2.65. The monoisotopic (exact) mass is 368 g/mol. The standard InChI is InChI=1S/C23H44O3/c1-3-4-5-13-16-19-22(24)20-17-14-11-9-7-6-8-10-12-15-18-21-23(25)26-2/h17,20,22,24H,3-16,18-19,21H2,1-2H3/b20-17+. The van der Waals surface area contributed by atoms with Crippen LogP contribution >= 0.6 is 0 Å². The molecular formula is C23H44O3. The normalized spacial score (nSPS) is 12.6. The van der Waals surface area contributed by atoms with Crippen LogP contribution in [0.15, 0.2) is 12.2 Å². The van der Waals surface area contributed by atoms with Crippen LogP contribution < -0.4 is 0 Å². The zero-order chi connectivity index (χ0) is 19.3. The maximum atomic E-state index is 11.0. The van der Waals surface area contributed by atoms with Crippen LogP contribution in [0.25, 0.3) is 0 Å². The Morgan fingerprint density at radius 2 is 1.38 bits per heavy atom. The number of carbonyl (C=O) groups excluding carboxylic acids is 1. The van der Waals surface area contributed by atoms with Gasteiger partial charge < -0.3 is 9.84 Å². The van der Waals surface area contributed by atoms with Gasteiger partial charge in [0.15, 0.2) is 0 Å². The number of ether oxygens (including phenoxy) is 1. The molecule has 3 heteroatoms. The van der Waals surface area contributed by atoms with Gasteiger partial charge >= 0.3 is 5.97 Å². The number of hydrogen-bond acceptors (Lipinski definition) is 3. The summed E-state index contributed by atoms with van der Waals surface area (Å²) in [6.45, 7) is 2.23. The molecule has 1 unspecified atom stereocenters. The quantitative estimate of drug-likeness (QED) is 0.156. The highest BCUT2D eigenvalue weighted by Crippen LogP contribution is 2.12. The Kier molecular flexibility index (Phi) is 19.8. The minimum absolute atomic E-state index is 0.0847. The van der Waals surface area contributed by atoms with Crippen molar-refractivity contribution < 1.29 is 14.6 Å². The Bertz CT molecular complexity index is 325. The summed E-state index contributed by atoms with van der Waals surface area (Å²) in [6, 6.07) is 0. The number of unbranched alkanes of at least 4 members (excludes halogenated alkanes) is 13. The van der Waals surface area contributed by atoms with E-state index in [1.54, 1.807) is 0 Å². The third-order valence-corrected chi connectivity index (χ3v) is 4.94. The number of aliphatic hydroxyl groups is 1. The summed E-state index contributed by atoms with van der Waals surface area (Å²) in [7, 11) is 1.45. The molecule has 0 aromatic rings. The Morgan fingerprint density at radius 3 is 2.00 bits per heavy atom. The molecular weight excluding hydrogens is 324 g/mol. The highest BCUT2D eigenvalue weighted by Gasteiger charge is 2.00. The number of esters is 1. The van der Waals surface area contributed by atoms with Crippen molar-refractivity contribution in [3.8, 4) is 0 Å². The predicted molar refractivity (Wildman–Crippen MR) is 111 cm³/mol. The molecule has 154 valence electrons. The summed E-state index contributed by atoms with van der Waals surface area (Å²) in [5.41, 5.74) is 0. The van der Waals surface area contributed by atoms with E-state index in [4.69, 9.17) is 0 Å². The minimum atomic E-state index is -0.240. The molecule has 0 rings (SSSR count). The smallest absolute Gasteiger partial charge is 0.305 e. The van der Waals surface area contributed by atoms with Crippen LogP contribution in [0.5, 0.6) is 0 Å². The van der Waals surface area contributed by atoms with Crippen molar-refractivity contribution in [3.05, 3.63) is 12.2 Å². The van der Waals surface area contributed by atoms with E-state index in [1.807, 2.05) is 6.08 Å². The lowest BCUT2D eigenvalue weighted by Gasteiger charge is -2.05. The van der Waals surface area contributed by atoms with Gasteiger partial charge in [0.1, 0.15) is 0 Å². The van der Waals surface area contributed by atoms with Gasteiger partial charge in [-0.05, 0) is 25.7 Å². The molecule has 1 N–H and O–H groups in total. The van der Waals surface area contributed by atoms with Gasteiger partial charge in [-0.3, -0.25) is 4.79 Å². The second-order valence-corrected chi connectivity index (χ2v) is 7.50. The molecule has 0 aromatic heterocycles. The Balaban J connectivity index is 3.23. The lowest BCUT2D eigenvalue weighted by Crippen LogP contribution is -2.01. The Labute approximate surface area is 162 Å². The fraction of sp³-hybridized carbons (Fsp3) is 0.870. The van der Waals surface area contributed by atoms with Gasteiger partial charge in [0.05, 0.1) is 13.2 Å². The van der Waals surface area contributed by atoms with Crippen molar-refractivity contribution in [2.75, 3.05) is 7.11 Å². The van der Waals surface area contributed by atoms with E-state index < -0.39 is 0 Å². The van der Waals surface area contributed by atoms with Crippen LogP contribution in [0.4, 0.5) is 0 Å². The summed E-state index contributed by atoms with van der Waals surface area (Å²) < 4.78 is 4.64. The summed E-state index contributed by atoms with van der Waals surface area (Å²) in [5.74, 6) is -0.0847. The molecule has 0 aromatic carbocycles. The summed E-state index contributed by atoms with van der Waals surface area (Å²) in [5, 5.41) is 9.90. The number of methoxy groups -OCH3 is 1. The molecule has 0 aliphatic carbocycles. The zero-order valence-electron chi connectivity index (χ0n) is 17.5. The molecule has 0 saturated carbocycles. The van der Waals surface area contributed by atoms with Gasteiger partial charge in [0, 0.05) is 6.42 Å². The molecule has 0 spiro atoms. The first-order valence-corrected chi connectivity index (χ1v) is 11.1. The van der Waals surface area contributed by atoms with Crippen LogP contribution in [0.3, 0.4) is 0 Å². The van der Waals surface area contributed by atoms with E-state index in [0.29, 0.717) is 6.42 Å². The van der Waals surface area contributed by atoms with E-state index in [1.165, 1.54) is 77.7 Å². The van der Waals surface area contributed by atoms with Crippen molar-refractivity contribution in [2.45, 2.75) is 122 Å². The van der Waals surface area contributed by atoms with Gasteiger partial charge in [-0.25, -0.2) is 0 Å². The summed E-state index contributed by atoms with van der Waals surface area (Å²) in [4.78, 5) is 11.0. The first-order valence-electron chi connectivity index (χ1n) is 11.1. The molecule has 1 atom stereocenters. The maximum absolute atomic E-state index is 11.0. The minimum Gasteiger partial charge on any atom is -0.469 e. The lowest BCUT2D eigenvalue weighted by atomic mass is 10.0. The second kappa shape index (κ2) is 20.5. The fourth-order valence-corrected chi connectivity index (χ4v) is 3.18. The molecule has 3 nitrogen and oxygen atoms in total. The van der Waals surface area contributed by atoms with Gasteiger partial charge in [0.25, 0.3) is 0 Å². The van der Waals surface area contributed by atoms with Gasteiger partial charge in [-0.1, -0.05) is 96.1 Å². The van der Waals surface area contributed by atoms with Crippen molar-refractivity contribution >= 4 is 5.97 Å². The highest BCUT2D eigenvalue weighted by atomic mass is 16.5. The topological polar surface area (TPSA) is 46.5 Å². The van der Waals surface area contributed by atoms with Gasteiger partial charge in [-0.2, -0.15) is 0 Å². The van der Waals surface area contributed by atoms with Crippen molar-refractivity contribution in [1.29, 1.82) is 0 Å². The number of hydrogen-bond donors (Lipinski definition) is 1. The van der Waals surface area contributed by atoms with E-state index in [9.17, 15) is 9.90 Å². The van der Waals surface area contributed by atoms with Crippen LogP contribution in [-0.2, 0) is 9.53 Å². The lowest BCUT2D eigenvalue weighted by molar-refractivity contribution is -0.140. The largest absolute Gasteiger partial charge is 0.469 e. The number of carbonyl (C=O) groups is 1. The first kappa shape index (κ1) is 25.2. The van der Waals surface area contributed by atoms with Gasteiger partial charge in [0.2, 0.25) is 0 Å². The number of aliphatic hydroxyl groups excluding tert-OH is 1. The predicted octanol–water partition coefficient (Wildman–Crippen LogP) is 6.73. The molecule has 0 radical (unpaired) electrons. The molecule has 0 fully saturated rings. The molecule has 0 heterocycles. The van der Waals surface area contributed by atoms with E-state index in [0.717, 1.165) is 32.1 Å². The Morgan fingerprint density at radius 1 is 0.846 bits per heavy atom. The van der Waals surface area contributed by atoms with Gasteiger partial charge in [-0.15, -0.1) is 0 Å². The fourth-order valence-electron chi connectivity index (χ4n) is 3.18. The average molecular weight is 369 g/mol. The number of allylic oxidation sites excluding steroid dienone is 1.